The Balaban J connectivity index is 2.20. The lowest BCUT2D eigenvalue weighted by atomic mass is 10.0. The van der Waals surface area contributed by atoms with Gasteiger partial charge in [-0.1, -0.05) is 6.08 Å². The molecule has 1 N–H and O–H groups in total. The van der Waals surface area contributed by atoms with E-state index < -0.39 is 0 Å². The zero-order chi connectivity index (χ0) is 8.39. The molecule has 1 heteroatoms. The van der Waals surface area contributed by atoms with Crippen molar-refractivity contribution in [2.24, 2.45) is 0 Å². The lowest BCUT2D eigenvalue weighted by molar-refractivity contribution is 0.327. The van der Waals surface area contributed by atoms with E-state index >= 15 is 0 Å². The summed E-state index contributed by atoms with van der Waals surface area (Å²) in [7, 11) is 0. The van der Waals surface area contributed by atoms with Gasteiger partial charge >= 0.3 is 0 Å². The van der Waals surface area contributed by atoms with Crippen LogP contribution in [0.4, 0.5) is 0 Å². The van der Waals surface area contributed by atoms with Gasteiger partial charge in [-0.15, -0.1) is 0 Å². The van der Waals surface area contributed by atoms with Crippen LogP contribution >= 0.6 is 0 Å². The molecule has 0 unspecified atom stereocenters. The van der Waals surface area contributed by atoms with Gasteiger partial charge in [-0.25, -0.2) is 0 Å². The first kappa shape index (κ1) is 8.06. The minimum Gasteiger partial charge on any atom is -0.392 e. The van der Waals surface area contributed by atoms with Gasteiger partial charge in [-0.3, -0.25) is 0 Å². The Morgan fingerprint density at radius 2 is 2.08 bits per heavy atom. The number of rotatable bonds is 2. The van der Waals surface area contributed by atoms with Crippen LogP contribution in [0, 0.1) is 0 Å². The van der Waals surface area contributed by atoms with Crippen molar-refractivity contribution in [3.63, 3.8) is 0 Å². The zero-order valence-electron chi connectivity index (χ0n) is 7.47. The molecule has 0 aromatic carbocycles. The largest absolute Gasteiger partial charge is 0.392 e. The van der Waals surface area contributed by atoms with E-state index in [9.17, 15) is 0 Å². The van der Waals surface area contributed by atoms with E-state index in [1.54, 1.807) is 0 Å². The van der Waals surface area contributed by atoms with E-state index in [1.807, 2.05) is 0 Å². The molecule has 0 amide bonds. The van der Waals surface area contributed by atoms with Gasteiger partial charge in [0.25, 0.3) is 0 Å². The summed E-state index contributed by atoms with van der Waals surface area (Å²) in [5.41, 5.74) is 4.34. The third-order valence-electron chi connectivity index (χ3n) is 2.95. The third-order valence-corrected chi connectivity index (χ3v) is 2.95. The van der Waals surface area contributed by atoms with Gasteiger partial charge in [0.15, 0.2) is 0 Å². The highest BCUT2D eigenvalue weighted by Crippen LogP contribution is 2.35. The van der Waals surface area contributed by atoms with Crippen molar-refractivity contribution in [2.75, 3.05) is 6.61 Å². The quantitative estimate of drug-likeness (QED) is 0.665. The first-order chi connectivity index (χ1) is 5.92. The Hall–Kier alpha value is -0.560. The first-order valence-corrected chi connectivity index (χ1v) is 4.93. The molecule has 1 nitrogen and oxygen atoms in total. The van der Waals surface area contributed by atoms with Gasteiger partial charge in [-0.05, 0) is 55.2 Å². The van der Waals surface area contributed by atoms with Crippen LogP contribution in [0.3, 0.4) is 0 Å². The summed E-state index contributed by atoms with van der Waals surface area (Å²) in [6.07, 6.45) is 9.76. The molecular weight excluding hydrogens is 148 g/mol. The summed E-state index contributed by atoms with van der Waals surface area (Å²) in [6.45, 7) is 0.284. The van der Waals surface area contributed by atoms with Crippen LogP contribution in [0.1, 0.15) is 38.5 Å². The summed E-state index contributed by atoms with van der Waals surface area (Å²) in [5.74, 6) is 0. The number of aliphatic hydroxyl groups excluding tert-OH is 1. The Kier molecular flexibility index (Phi) is 2.31. The monoisotopic (exact) mass is 164 g/mol. The maximum Gasteiger partial charge on any atom is 0.0647 e. The Morgan fingerprint density at radius 3 is 2.75 bits per heavy atom. The molecule has 12 heavy (non-hydrogen) atoms. The SMILES string of the molecule is OCC1=C(C2=CCCC2)CCC1. The van der Waals surface area contributed by atoms with Crippen LogP contribution in [0.5, 0.6) is 0 Å². The Labute approximate surface area is 73.8 Å². The molecule has 0 radical (unpaired) electrons. The molecule has 0 aromatic rings. The van der Waals surface area contributed by atoms with Crippen molar-refractivity contribution in [3.05, 3.63) is 22.8 Å². The average molecular weight is 164 g/mol. The van der Waals surface area contributed by atoms with Crippen molar-refractivity contribution in [1.29, 1.82) is 0 Å². The summed E-state index contributed by atoms with van der Waals surface area (Å²) in [5, 5.41) is 9.11. The highest BCUT2D eigenvalue weighted by molar-refractivity contribution is 5.39. The molecule has 0 saturated heterocycles. The number of hydrogen-bond acceptors (Lipinski definition) is 1. The molecule has 2 aliphatic carbocycles. The van der Waals surface area contributed by atoms with E-state index in [0.717, 1.165) is 6.42 Å². The summed E-state index contributed by atoms with van der Waals surface area (Å²) in [6, 6.07) is 0. The molecule has 2 aliphatic rings. The molecular formula is C11H16O. The molecule has 0 aromatic heterocycles. The summed E-state index contributed by atoms with van der Waals surface area (Å²) < 4.78 is 0. The molecule has 66 valence electrons. The molecule has 0 heterocycles. The lowest BCUT2D eigenvalue weighted by Gasteiger charge is -2.05. The molecule has 0 saturated carbocycles. The van der Waals surface area contributed by atoms with E-state index in [0.29, 0.717) is 0 Å². The van der Waals surface area contributed by atoms with E-state index in [4.69, 9.17) is 5.11 Å². The average Bonchev–Trinajstić information content (AvgIpc) is 2.74. The molecule has 0 atom stereocenters. The van der Waals surface area contributed by atoms with Crippen LogP contribution < -0.4 is 0 Å². The second-order valence-electron chi connectivity index (χ2n) is 3.72. The van der Waals surface area contributed by atoms with Crippen molar-refractivity contribution < 1.29 is 5.11 Å². The first-order valence-electron chi connectivity index (χ1n) is 4.93. The normalized spacial score (nSPS) is 23.6. The van der Waals surface area contributed by atoms with Gasteiger partial charge in [-0.2, -0.15) is 0 Å². The highest BCUT2D eigenvalue weighted by atomic mass is 16.3. The van der Waals surface area contributed by atoms with Gasteiger partial charge in [0.1, 0.15) is 0 Å². The summed E-state index contributed by atoms with van der Waals surface area (Å²) in [4.78, 5) is 0. The third kappa shape index (κ3) is 1.34. The van der Waals surface area contributed by atoms with Crippen molar-refractivity contribution in [2.45, 2.75) is 38.5 Å². The van der Waals surface area contributed by atoms with E-state index in [2.05, 4.69) is 6.08 Å². The molecule has 2 rings (SSSR count). The lowest BCUT2D eigenvalue weighted by Crippen LogP contribution is -1.91. The second kappa shape index (κ2) is 3.44. The maximum absolute atomic E-state index is 9.11. The van der Waals surface area contributed by atoms with Gasteiger partial charge in [0.05, 0.1) is 6.61 Å². The predicted molar refractivity (Wildman–Crippen MR) is 49.9 cm³/mol. The van der Waals surface area contributed by atoms with Gasteiger partial charge < -0.3 is 5.11 Å². The second-order valence-corrected chi connectivity index (χ2v) is 3.72. The summed E-state index contributed by atoms with van der Waals surface area (Å²) >= 11 is 0. The van der Waals surface area contributed by atoms with Gasteiger partial charge in [0, 0.05) is 0 Å². The molecule has 0 aliphatic heterocycles. The predicted octanol–water partition coefficient (Wildman–Crippen LogP) is 2.57. The van der Waals surface area contributed by atoms with Crippen LogP contribution in [-0.2, 0) is 0 Å². The Bertz CT molecular complexity index is 235. The number of allylic oxidation sites excluding steroid dienone is 3. The van der Waals surface area contributed by atoms with Crippen LogP contribution in [-0.4, -0.2) is 11.7 Å². The van der Waals surface area contributed by atoms with Gasteiger partial charge in [0.2, 0.25) is 0 Å². The highest BCUT2D eigenvalue weighted by Gasteiger charge is 2.18. The fourth-order valence-corrected chi connectivity index (χ4v) is 2.31. The fourth-order valence-electron chi connectivity index (χ4n) is 2.31. The van der Waals surface area contributed by atoms with Crippen molar-refractivity contribution >= 4 is 0 Å². The Morgan fingerprint density at radius 1 is 1.17 bits per heavy atom. The molecule has 0 fully saturated rings. The van der Waals surface area contributed by atoms with E-state index in [1.165, 1.54) is 48.8 Å². The topological polar surface area (TPSA) is 20.2 Å². The van der Waals surface area contributed by atoms with E-state index in [-0.39, 0.29) is 6.61 Å². The number of hydrogen-bond donors (Lipinski definition) is 1. The van der Waals surface area contributed by atoms with Crippen LogP contribution in [0.25, 0.3) is 0 Å². The minimum atomic E-state index is 0.284. The van der Waals surface area contributed by atoms with Crippen molar-refractivity contribution in [1.82, 2.24) is 0 Å². The standard InChI is InChI=1S/C11H16O/c12-8-10-6-3-7-11(10)9-4-1-2-5-9/h4,12H,1-3,5-8H2. The van der Waals surface area contributed by atoms with Crippen LogP contribution in [0.2, 0.25) is 0 Å². The fraction of sp³-hybridized carbons (Fsp3) is 0.636. The minimum absolute atomic E-state index is 0.284. The van der Waals surface area contributed by atoms with Crippen LogP contribution in [0.15, 0.2) is 22.8 Å². The number of aliphatic hydroxyl groups is 1. The maximum atomic E-state index is 9.11. The van der Waals surface area contributed by atoms with Crippen molar-refractivity contribution in [3.8, 4) is 0 Å². The smallest absolute Gasteiger partial charge is 0.0647 e. The molecule has 0 bridgehead atoms. The zero-order valence-corrected chi connectivity index (χ0v) is 7.47. The molecule has 0 spiro atoms.